The zero-order valence-corrected chi connectivity index (χ0v) is 28.2. The van der Waals surface area contributed by atoms with Crippen LogP contribution in [0.3, 0.4) is 0 Å². The second-order valence-electron chi connectivity index (χ2n) is 16.2. The Balaban J connectivity index is 1.65. The first-order chi connectivity index (χ1) is 19.5. The van der Waals surface area contributed by atoms with Crippen molar-refractivity contribution in [2.75, 3.05) is 12.9 Å². The number of carbonyl (C=O) groups excluding carboxylic acids is 4. The fourth-order valence-electron chi connectivity index (χ4n) is 10.6. The molecule has 4 fully saturated rings. The molecule has 0 saturated heterocycles. The molecule has 6 heteroatoms. The van der Waals surface area contributed by atoms with E-state index < -0.39 is 27.1 Å². The molecule has 0 amide bonds. The number of fused-ring (bicyclic) bond motifs is 7. The van der Waals surface area contributed by atoms with Gasteiger partial charge in [-0.3, -0.25) is 19.2 Å². The van der Waals surface area contributed by atoms with Crippen molar-refractivity contribution >= 4 is 35.1 Å². The number of methoxy groups -OCH3 is 1. The monoisotopic (exact) mass is 596 g/mol. The van der Waals surface area contributed by atoms with Gasteiger partial charge in [0.25, 0.3) is 0 Å². The van der Waals surface area contributed by atoms with Crippen LogP contribution in [0, 0.1) is 50.2 Å². The zero-order valence-electron chi connectivity index (χ0n) is 27.4. The molecular formula is C36H52O5S. The SMILES string of the molecule is CCCCS/C=C1/C(=O)C(C)(C)C2CCC3(C)C(=CC(=O)C4C5CC(C)(C)CCC5(C(=O)OC)CC[C@]43C)C2(C)C1=O. The van der Waals surface area contributed by atoms with Gasteiger partial charge < -0.3 is 4.74 Å². The Kier molecular flexibility index (Phi) is 7.68. The summed E-state index contributed by atoms with van der Waals surface area (Å²) < 4.78 is 5.44. The summed E-state index contributed by atoms with van der Waals surface area (Å²) in [6.45, 7) is 17.3. The lowest BCUT2D eigenvalue weighted by Gasteiger charge is -2.68. The van der Waals surface area contributed by atoms with Crippen molar-refractivity contribution in [2.45, 2.75) is 113 Å². The Morgan fingerprint density at radius 2 is 1.64 bits per heavy atom. The van der Waals surface area contributed by atoms with Crippen molar-refractivity contribution in [3.63, 3.8) is 0 Å². The minimum Gasteiger partial charge on any atom is -0.469 e. The first-order valence-electron chi connectivity index (χ1n) is 16.2. The van der Waals surface area contributed by atoms with Crippen molar-refractivity contribution in [1.29, 1.82) is 0 Å². The second-order valence-corrected chi connectivity index (χ2v) is 17.2. The number of hydrogen-bond donors (Lipinski definition) is 0. The summed E-state index contributed by atoms with van der Waals surface area (Å²) in [4.78, 5) is 56.5. The molecule has 0 aliphatic heterocycles. The van der Waals surface area contributed by atoms with Gasteiger partial charge >= 0.3 is 5.97 Å². The molecule has 0 aromatic rings. The van der Waals surface area contributed by atoms with Crippen LogP contribution in [0.1, 0.15) is 113 Å². The molecule has 232 valence electrons. The van der Waals surface area contributed by atoms with E-state index in [9.17, 15) is 19.2 Å². The van der Waals surface area contributed by atoms with E-state index >= 15 is 0 Å². The maximum Gasteiger partial charge on any atom is 0.312 e. The average Bonchev–Trinajstić information content (AvgIpc) is 2.92. The van der Waals surface area contributed by atoms with Gasteiger partial charge in [-0.05, 0) is 109 Å². The molecule has 0 spiro atoms. The largest absolute Gasteiger partial charge is 0.469 e. The van der Waals surface area contributed by atoms with Gasteiger partial charge in [-0.2, -0.15) is 0 Å². The molecule has 6 unspecified atom stereocenters. The lowest BCUT2D eigenvalue weighted by molar-refractivity contribution is -0.192. The molecule has 5 rings (SSSR count). The van der Waals surface area contributed by atoms with Gasteiger partial charge in [0.2, 0.25) is 0 Å². The van der Waals surface area contributed by atoms with Crippen LogP contribution >= 0.6 is 11.8 Å². The number of ketones is 3. The highest BCUT2D eigenvalue weighted by Crippen LogP contribution is 2.74. The first kappa shape index (κ1) is 31.7. The van der Waals surface area contributed by atoms with E-state index in [1.807, 2.05) is 32.3 Å². The summed E-state index contributed by atoms with van der Waals surface area (Å²) in [6.07, 6.45) is 9.48. The number of hydrogen-bond acceptors (Lipinski definition) is 6. The van der Waals surface area contributed by atoms with Gasteiger partial charge in [0.15, 0.2) is 17.3 Å². The molecule has 0 aromatic carbocycles. The summed E-state index contributed by atoms with van der Waals surface area (Å²) >= 11 is 1.56. The molecule has 7 atom stereocenters. The van der Waals surface area contributed by atoms with E-state index in [2.05, 4.69) is 34.6 Å². The Labute approximate surface area is 257 Å². The number of esters is 1. The highest BCUT2D eigenvalue weighted by atomic mass is 32.2. The van der Waals surface area contributed by atoms with Gasteiger partial charge in [0.05, 0.1) is 23.5 Å². The number of allylic oxidation sites excluding steroid dienone is 3. The molecule has 0 radical (unpaired) electrons. The smallest absolute Gasteiger partial charge is 0.312 e. The van der Waals surface area contributed by atoms with E-state index in [0.717, 1.165) is 62.7 Å². The van der Waals surface area contributed by atoms with Crippen molar-refractivity contribution in [2.24, 2.45) is 50.2 Å². The van der Waals surface area contributed by atoms with E-state index in [0.29, 0.717) is 12.0 Å². The standard InChI is InChI=1S/C36H52O5S/c1-10-11-18-42-21-22-28(38)32(4,5)25-12-13-33(6)26(35(25,8)29(22)39)19-24(37)27-23-20-31(2,3)14-16-36(23,30(40)41-9)17-15-34(27,33)7/h19,21,23,25,27H,10-18,20H2,1-9H3/b22-21-/t23?,25?,27?,33?,34-,35?,36?/m1/s1. The highest BCUT2D eigenvalue weighted by molar-refractivity contribution is 8.02. The number of thioether (sulfide) groups is 1. The van der Waals surface area contributed by atoms with Crippen LogP contribution in [0.2, 0.25) is 0 Å². The molecule has 5 aliphatic carbocycles. The van der Waals surface area contributed by atoms with E-state index in [-0.39, 0.29) is 46.5 Å². The maximum absolute atomic E-state index is 14.6. The third-order valence-corrected chi connectivity index (χ3v) is 14.3. The number of unbranched alkanes of at least 4 members (excludes halogenated alkanes) is 1. The van der Waals surface area contributed by atoms with Gasteiger partial charge in [-0.25, -0.2) is 0 Å². The van der Waals surface area contributed by atoms with Crippen molar-refractivity contribution < 1.29 is 23.9 Å². The van der Waals surface area contributed by atoms with Gasteiger partial charge in [-0.1, -0.05) is 54.9 Å². The van der Waals surface area contributed by atoms with Crippen LogP contribution in [0.15, 0.2) is 22.6 Å². The minimum atomic E-state index is -0.923. The molecule has 4 saturated carbocycles. The molecule has 0 heterocycles. The fourth-order valence-corrected chi connectivity index (χ4v) is 11.6. The highest BCUT2D eigenvalue weighted by Gasteiger charge is 2.72. The van der Waals surface area contributed by atoms with Crippen molar-refractivity contribution in [3.05, 3.63) is 22.6 Å². The zero-order chi connectivity index (χ0) is 31.1. The summed E-state index contributed by atoms with van der Waals surface area (Å²) in [6, 6.07) is 0. The number of ether oxygens (including phenoxy) is 1. The first-order valence-corrected chi connectivity index (χ1v) is 17.3. The molecule has 0 N–H and O–H groups in total. The van der Waals surface area contributed by atoms with E-state index in [1.165, 1.54) is 7.11 Å². The molecule has 0 aromatic heterocycles. The number of carbonyl (C=O) groups is 4. The van der Waals surface area contributed by atoms with Crippen molar-refractivity contribution in [1.82, 2.24) is 0 Å². The topological polar surface area (TPSA) is 77.5 Å². The van der Waals surface area contributed by atoms with Crippen LogP contribution < -0.4 is 0 Å². The molecule has 5 aliphatic rings. The number of Topliss-reactive ketones (excluding diaryl/α,β-unsaturated/α-hetero) is 2. The number of rotatable bonds is 5. The van der Waals surface area contributed by atoms with Crippen LogP contribution in [0.5, 0.6) is 0 Å². The predicted molar refractivity (Wildman–Crippen MR) is 168 cm³/mol. The summed E-state index contributed by atoms with van der Waals surface area (Å²) in [5, 5.41) is 1.82. The van der Waals surface area contributed by atoms with Crippen molar-refractivity contribution in [3.8, 4) is 0 Å². The Morgan fingerprint density at radius 3 is 2.29 bits per heavy atom. The summed E-state index contributed by atoms with van der Waals surface area (Å²) in [5.41, 5.74) is -1.77. The second kappa shape index (κ2) is 10.2. The lowest BCUT2D eigenvalue weighted by atomic mass is 9.33. The van der Waals surface area contributed by atoms with E-state index in [4.69, 9.17) is 4.74 Å². The normalized spacial score (nSPS) is 43.1. The maximum atomic E-state index is 14.6. The fraction of sp³-hybridized carbons (Fsp3) is 0.778. The molecule has 5 nitrogen and oxygen atoms in total. The molecule has 0 bridgehead atoms. The van der Waals surface area contributed by atoms with Gasteiger partial charge in [-0.15, -0.1) is 11.8 Å². The third-order valence-electron chi connectivity index (χ3n) is 13.4. The van der Waals surface area contributed by atoms with E-state index in [1.54, 1.807) is 11.8 Å². The molecular weight excluding hydrogens is 544 g/mol. The quantitative estimate of drug-likeness (QED) is 0.139. The third kappa shape index (κ3) is 4.08. The van der Waals surface area contributed by atoms with Gasteiger partial charge in [0, 0.05) is 11.3 Å². The van der Waals surface area contributed by atoms with Crippen LogP contribution in [-0.4, -0.2) is 36.2 Å². The summed E-state index contributed by atoms with van der Waals surface area (Å²) in [7, 11) is 1.48. The minimum absolute atomic E-state index is 0.0358. The Hall–Kier alpha value is -1.69. The summed E-state index contributed by atoms with van der Waals surface area (Å²) in [5.74, 6) is 0.0587. The Morgan fingerprint density at radius 1 is 0.976 bits per heavy atom. The average molecular weight is 597 g/mol. The lowest BCUT2D eigenvalue weighted by Crippen LogP contribution is -2.67. The predicted octanol–water partition coefficient (Wildman–Crippen LogP) is 7.92. The molecule has 42 heavy (non-hydrogen) atoms. The van der Waals surface area contributed by atoms with Crippen LogP contribution in [0.25, 0.3) is 0 Å². The van der Waals surface area contributed by atoms with Gasteiger partial charge in [0.1, 0.15) is 0 Å². The Bertz CT molecular complexity index is 1270. The van der Waals surface area contributed by atoms with Crippen LogP contribution in [-0.2, 0) is 23.9 Å². The van der Waals surface area contributed by atoms with Crippen LogP contribution in [0.4, 0.5) is 0 Å².